The normalized spacial score (nSPS) is 10.6. The van der Waals surface area contributed by atoms with Crippen LogP contribution in [0.3, 0.4) is 0 Å². The van der Waals surface area contributed by atoms with Gasteiger partial charge in [-0.2, -0.15) is 0 Å². The SMILES string of the molecule is Cc1ccnc(-c2ccc(NC(=O)c3cccn3Cc3ccccc3)cc2)n1. The third-order valence-electron chi connectivity index (χ3n) is 4.45. The summed E-state index contributed by atoms with van der Waals surface area (Å²) < 4.78 is 1.94. The lowest BCUT2D eigenvalue weighted by Crippen LogP contribution is -2.17. The van der Waals surface area contributed by atoms with Crippen molar-refractivity contribution < 1.29 is 4.79 Å². The Kier molecular flexibility index (Phi) is 4.97. The van der Waals surface area contributed by atoms with Gasteiger partial charge in [-0.3, -0.25) is 4.79 Å². The number of benzene rings is 2. The number of nitrogens with zero attached hydrogens (tertiary/aromatic N) is 3. The summed E-state index contributed by atoms with van der Waals surface area (Å²) in [5.74, 6) is 0.537. The second kappa shape index (κ2) is 7.88. The molecule has 0 atom stereocenters. The molecule has 0 bridgehead atoms. The Balaban J connectivity index is 1.48. The number of aromatic nitrogens is 3. The van der Waals surface area contributed by atoms with Crippen LogP contribution in [0.25, 0.3) is 11.4 Å². The minimum Gasteiger partial charge on any atom is -0.339 e. The van der Waals surface area contributed by atoms with E-state index < -0.39 is 0 Å². The van der Waals surface area contributed by atoms with Crippen molar-refractivity contribution in [3.8, 4) is 11.4 Å². The molecule has 5 nitrogen and oxygen atoms in total. The molecule has 5 heteroatoms. The number of hydrogen-bond donors (Lipinski definition) is 1. The van der Waals surface area contributed by atoms with E-state index in [2.05, 4.69) is 15.3 Å². The third kappa shape index (κ3) is 3.99. The maximum absolute atomic E-state index is 12.7. The number of aryl methyl sites for hydroxylation is 1. The Morgan fingerprint density at radius 2 is 1.75 bits per heavy atom. The highest BCUT2D eigenvalue weighted by Gasteiger charge is 2.12. The Morgan fingerprint density at radius 1 is 0.964 bits per heavy atom. The molecule has 1 N–H and O–H groups in total. The molecule has 4 aromatic rings. The van der Waals surface area contributed by atoms with E-state index in [1.54, 1.807) is 6.20 Å². The lowest BCUT2D eigenvalue weighted by atomic mass is 10.2. The van der Waals surface area contributed by atoms with Gasteiger partial charge in [0.2, 0.25) is 0 Å². The first-order chi connectivity index (χ1) is 13.7. The summed E-state index contributed by atoms with van der Waals surface area (Å²) in [7, 11) is 0. The van der Waals surface area contributed by atoms with Crippen molar-refractivity contribution in [2.24, 2.45) is 0 Å². The highest BCUT2D eigenvalue weighted by Crippen LogP contribution is 2.19. The van der Waals surface area contributed by atoms with E-state index in [9.17, 15) is 4.79 Å². The fraction of sp³-hybridized carbons (Fsp3) is 0.0870. The molecule has 2 aromatic heterocycles. The Morgan fingerprint density at radius 3 is 2.50 bits per heavy atom. The van der Waals surface area contributed by atoms with Crippen molar-refractivity contribution in [2.75, 3.05) is 5.32 Å². The van der Waals surface area contributed by atoms with Crippen LogP contribution >= 0.6 is 0 Å². The van der Waals surface area contributed by atoms with Crippen molar-refractivity contribution in [3.63, 3.8) is 0 Å². The number of carbonyl (C=O) groups is 1. The van der Waals surface area contributed by atoms with Gasteiger partial charge in [-0.15, -0.1) is 0 Å². The van der Waals surface area contributed by atoms with Crippen LogP contribution in [0.4, 0.5) is 5.69 Å². The second-order valence-corrected chi connectivity index (χ2v) is 6.56. The van der Waals surface area contributed by atoms with Crippen LogP contribution in [-0.2, 0) is 6.54 Å². The molecule has 28 heavy (non-hydrogen) atoms. The summed E-state index contributed by atoms with van der Waals surface area (Å²) in [6, 6.07) is 23.2. The van der Waals surface area contributed by atoms with Gasteiger partial charge in [0.05, 0.1) is 0 Å². The molecule has 0 spiro atoms. The molecular formula is C23H20N4O. The van der Waals surface area contributed by atoms with E-state index in [1.165, 1.54) is 0 Å². The van der Waals surface area contributed by atoms with Gasteiger partial charge in [-0.1, -0.05) is 30.3 Å². The summed E-state index contributed by atoms with van der Waals surface area (Å²) in [5, 5.41) is 2.96. The predicted molar refractivity (Wildman–Crippen MR) is 110 cm³/mol. The first-order valence-corrected chi connectivity index (χ1v) is 9.09. The monoisotopic (exact) mass is 368 g/mol. The first kappa shape index (κ1) is 17.7. The standard InChI is InChI=1S/C23H20N4O/c1-17-13-14-24-22(25-17)19-9-11-20(12-10-19)26-23(28)21-8-5-15-27(21)16-18-6-3-2-4-7-18/h2-15H,16H2,1H3,(H,26,28). The molecule has 0 fully saturated rings. The van der Waals surface area contributed by atoms with E-state index in [0.717, 1.165) is 22.5 Å². The Labute approximate surface area is 163 Å². The third-order valence-corrected chi connectivity index (χ3v) is 4.45. The van der Waals surface area contributed by atoms with Gasteiger partial charge in [0.1, 0.15) is 5.69 Å². The molecule has 4 rings (SSSR count). The van der Waals surface area contributed by atoms with Crippen LogP contribution in [0.2, 0.25) is 0 Å². The van der Waals surface area contributed by atoms with Crippen molar-refractivity contribution in [2.45, 2.75) is 13.5 Å². The van der Waals surface area contributed by atoms with E-state index in [4.69, 9.17) is 0 Å². The predicted octanol–water partition coefficient (Wildman–Crippen LogP) is 4.55. The van der Waals surface area contributed by atoms with Crippen LogP contribution in [0.15, 0.2) is 85.2 Å². The number of carbonyl (C=O) groups excluding carboxylic acids is 1. The summed E-state index contributed by atoms with van der Waals surface area (Å²) in [6.07, 6.45) is 3.66. The van der Waals surface area contributed by atoms with Gasteiger partial charge in [-0.25, -0.2) is 9.97 Å². The molecule has 0 aliphatic carbocycles. The number of hydrogen-bond acceptors (Lipinski definition) is 3. The lowest BCUT2D eigenvalue weighted by molar-refractivity contribution is 0.101. The zero-order valence-electron chi connectivity index (χ0n) is 15.5. The Bertz CT molecular complexity index is 1090. The zero-order chi connectivity index (χ0) is 19.3. The van der Waals surface area contributed by atoms with Crippen molar-refractivity contribution in [1.82, 2.24) is 14.5 Å². The van der Waals surface area contributed by atoms with E-state index in [0.29, 0.717) is 18.1 Å². The lowest BCUT2D eigenvalue weighted by Gasteiger charge is -2.10. The maximum atomic E-state index is 12.7. The molecule has 0 saturated carbocycles. The Hall–Kier alpha value is -3.73. The van der Waals surface area contributed by atoms with Gasteiger partial charge in [0.25, 0.3) is 5.91 Å². The number of anilines is 1. The second-order valence-electron chi connectivity index (χ2n) is 6.56. The van der Waals surface area contributed by atoms with Crippen molar-refractivity contribution in [3.05, 3.63) is 102 Å². The molecule has 0 radical (unpaired) electrons. The summed E-state index contributed by atoms with van der Waals surface area (Å²) in [4.78, 5) is 21.4. The number of amides is 1. The molecular weight excluding hydrogens is 348 g/mol. The van der Waals surface area contributed by atoms with Crippen LogP contribution < -0.4 is 5.32 Å². The molecule has 1 amide bonds. The van der Waals surface area contributed by atoms with E-state index in [1.807, 2.05) is 90.5 Å². The molecule has 0 aliphatic rings. The van der Waals surface area contributed by atoms with Gasteiger partial charge in [-0.05, 0) is 55.0 Å². The molecule has 0 unspecified atom stereocenters. The fourth-order valence-corrected chi connectivity index (χ4v) is 3.02. The van der Waals surface area contributed by atoms with Crippen LogP contribution in [-0.4, -0.2) is 20.4 Å². The topological polar surface area (TPSA) is 59.8 Å². The number of nitrogens with one attached hydrogen (secondary N) is 1. The molecule has 138 valence electrons. The largest absolute Gasteiger partial charge is 0.339 e. The van der Waals surface area contributed by atoms with Crippen LogP contribution in [0.1, 0.15) is 21.7 Å². The number of rotatable bonds is 5. The van der Waals surface area contributed by atoms with Crippen LogP contribution in [0.5, 0.6) is 0 Å². The van der Waals surface area contributed by atoms with Gasteiger partial charge in [0.15, 0.2) is 5.82 Å². The first-order valence-electron chi connectivity index (χ1n) is 9.09. The average Bonchev–Trinajstić information content (AvgIpc) is 3.17. The molecule has 0 saturated heterocycles. The quantitative estimate of drug-likeness (QED) is 0.562. The molecule has 2 heterocycles. The average molecular weight is 368 g/mol. The van der Waals surface area contributed by atoms with E-state index in [-0.39, 0.29) is 5.91 Å². The summed E-state index contributed by atoms with van der Waals surface area (Å²) in [6.45, 7) is 2.59. The zero-order valence-corrected chi connectivity index (χ0v) is 15.5. The van der Waals surface area contributed by atoms with E-state index >= 15 is 0 Å². The smallest absolute Gasteiger partial charge is 0.272 e. The highest BCUT2D eigenvalue weighted by atomic mass is 16.1. The molecule has 0 aliphatic heterocycles. The van der Waals surface area contributed by atoms with Crippen molar-refractivity contribution >= 4 is 11.6 Å². The summed E-state index contributed by atoms with van der Waals surface area (Å²) in [5.41, 5.74) is 4.33. The fourth-order valence-electron chi connectivity index (χ4n) is 3.02. The molecule has 2 aromatic carbocycles. The van der Waals surface area contributed by atoms with Gasteiger partial charge in [0, 0.05) is 35.9 Å². The minimum atomic E-state index is -0.138. The van der Waals surface area contributed by atoms with Crippen molar-refractivity contribution in [1.29, 1.82) is 0 Å². The van der Waals surface area contributed by atoms with Gasteiger partial charge >= 0.3 is 0 Å². The van der Waals surface area contributed by atoms with Crippen LogP contribution in [0, 0.1) is 6.92 Å². The summed E-state index contributed by atoms with van der Waals surface area (Å²) >= 11 is 0. The minimum absolute atomic E-state index is 0.138. The maximum Gasteiger partial charge on any atom is 0.272 e. The van der Waals surface area contributed by atoms with Gasteiger partial charge < -0.3 is 9.88 Å². The highest BCUT2D eigenvalue weighted by molar-refractivity contribution is 6.03.